The van der Waals surface area contributed by atoms with Gasteiger partial charge in [-0.2, -0.15) is 0 Å². The van der Waals surface area contributed by atoms with Crippen LogP contribution in [0.4, 0.5) is 0 Å². The van der Waals surface area contributed by atoms with Gasteiger partial charge in [-0.1, -0.05) is 38.3 Å². The third kappa shape index (κ3) is 6.48. The van der Waals surface area contributed by atoms with Crippen LogP contribution in [0.1, 0.15) is 27.2 Å². The Kier molecular flexibility index (Phi) is 7.00. The summed E-state index contributed by atoms with van der Waals surface area (Å²) in [5.41, 5.74) is 0. The molecule has 0 saturated heterocycles. The van der Waals surface area contributed by atoms with E-state index < -0.39 is 18.2 Å². The van der Waals surface area contributed by atoms with Crippen molar-refractivity contribution in [3.63, 3.8) is 0 Å². The lowest BCUT2D eigenvalue weighted by atomic mass is 10.2. The maximum absolute atomic E-state index is 12.0. The van der Waals surface area contributed by atoms with Crippen molar-refractivity contribution >= 4 is 17.5 Å². The van der Waals surface area contributed by atoms with Crippen LogP contribution in [0.3, 0.4) is 0 Å². The maximum Gasteiger partial charge on any atom is 0.263 e. The molecule has 5 nitrogen and oxygen atoms in total. The average Bonchev–Trinajstić information content (AvgIpc) is 2.42. The van der Waals surface area contributed by atoms with E-state index in [9.17, 15) is 9.90 Å². The molecule has 0 saturated carbocycles. The van der Waals surface area contributed by atoms with Crippen LogP contribution in [0, 0.1) is 17.8 Å². The van der Waals surface area contributed by atoms with Crippen LogP contribution in [-0.4, -0.2) is 28.3 Å². The summed E-state index contributed by atoms with van der Waals surface area (Å²) >= 11 is 5.80. The fraction of sp³-hybridized carbons (Fsp3) is 0.467. The number of amides is 1. The van der Waals surface area contributed by atoms with Crippen LogP contribution in [0.2, 0.25) is 5.02 Å². The second-order valence-electron chi connectivity index (χ2n) is 4.71. The van der Waals surface area contributed by atoms with Crippen LogP contribution < -0.4 is 10.1 Å². The summed E-state index contributed by atoms with van der Waals surface area (Å²) in [6.07, 6.45) is 1.41. The average molecular weight is 311 g/mol. The number of nitrogens with zero attached hydrogens (tertiary/aromatic N) is 1. The Hall–Kier alpha value is -1.77. The van der Waals surface area contributed by atoms with Gasteiger partial charge in [0.1, 0.15) is 5.75 Å². The maximum atomic E-state index is 12.0. The molecule has 1 amide bonds. The van der Waals surface area contributed by atoms with Gasteiger partial charge in [0.05, 0.1) is 11.2 Å². The summed E-state index contributed by atoms with van der Waals surface area (Å²) in [7, 11) is 0. The molecule has 0 aliphatic carbocycles. The highest BCUT2D eigenvalue weighted by atomic mass is 35.5. The summed E-state index contributed by atoms with van der Waals surface area (Å²) in [4.78, 5) is 15.9. The van der Waals surface area contributed by atoms with Crippen LogP contribution in [0.15, 0.2) is 18.5 Å². The van der Waals surface area contributed by atoms with E-state index in [4.69, 9.17) is 16.3 Å². The van der Waals surface area contributed by atoms with Gasteiger partial charge >= 0.3 is 0 Å². The SMILES string of the molecule is CCC(Oc1cncc(Cl)c1)C(=O)NC(O)C#CC(C)C. The quantitative estimate of drug-likeness (QED) is 0.644. The Morgan fingerprint density at radius 1 is 1.48 bits per heavy atom. The zero-order valence-corrected chi connectivity index (χ0v) is 13.0. The molecule has 114 valence electrons. The first-order valence-electron chi connectivity index (χ1n) is 6.69. The van der Waals surface area contributed by atoms with Gasteiger partial charge < -0.3 is 15.2 Å². The first-order chi connectivity index (χ1) is 9.92. The van der Waals surface area contributed by atoms with Gasteiger partial charge in [0, 0.05) is 18.2 Å². The zero-order valence-electron chi connectivity index (χ0n) is 12.3. The number of nitrogens with one attached hydrogen (secondary N) is 1. The van der Waals surface area contributed by atoms with Gasteiger partial charge in [0.2, 0.25) is 0 Å². The lowest BCUT2D eigenvalue weighted by Crippen LogP contribution is -2.43. The molecule has 0 spiro atoms. The zero-order chi connectivity index (χ0) is 15.8. The largest absolute Gasteiger partial charge is 0.479 e. The van der Waals surface area contributed by atoms with Gasteiger partial charge in [-0.15, -0.1) is 0 Å². The van der Waals surface area contributed by atoms with Crippen molar-refractivity contribution in [1.82, 2.24) is 10.3 Å². The van der Waals surface area contributed by atoms with E-state index in [2.05, 4.69) is 22.1 Å². The molecule has 0 aromatic carbocycles. The number of carbonyl (C=O) groups is 1. The molecule has 1 aromatic heterocycles. The monoisotopic (exact) mass is 310 g/mol. The summed E-state index contributed by atoms with van der Waals surface area (Å²) < 4.78 is 5.51. The first kappa shape index (κ1) is 17.3. The molecular weight excluding hydrogens is 292 g/mol. The van der Waals surface area contributed by atoms with Gasteiger partial charge in [0.25, 0.3) is 5.91 Å². The summed E-state index contributed by atoms with van der Waals surface area (Å²) in [5, 5.41) is 12.4. The minimum atomic E-state index is -1.21. The highest BCUT2D eigenvalue weighted by molar-refractivity contribution is 6.30. The first-order valence-corrected chi connectivity index (χ1v) is 7.06. The van der Waals surface area contributed by atoms with E-state index in [-0.39, 0.29) is 5.92 Å². The third-order valence-electron chi connectivity index (χ3n) is 2.41. The predicted octanol–water partition coefficient (Wildman–Crippen LogP) is 1.99. The number of aliphatic hydroxyl groups excluding tert-OH is 1. The molecule has 0 aliphatic heterocycles. The summed E-state index contributed by atoms with van der Waals surface area (Å²) in [6, 6.07) is 1.57. The lowest BCUT2D eigenvalue weighted by Gasteiger charge is -2.18. The fourth-order valence-electron chi connectivity index (χ4n) is 1.45. The van der Waals surface area contributed by atoms with Gasteiger partial charge in [-0.05, 0) is 12.3 Å². The summed E-state index contributed by atoms with van der Waals surface area (Å²) in [6.45, 7) is 5.59. The number of hydrogen-bond donors (Lipinski definition) is 2. The molecule has 0 aliphatic rings. The molecule has 2 N–H and O–H groups in total. The molecule has 2 atom stereocenters. The highest BCUT2D eigenvalue weighted by Crippen LogP contribution is 2.17. The van der Waals surface area contributed by atoms with E-state index >= 15 is 0 Å². The minimum Gasteiger partial charge on any atom is -0.479 e. The lowest BCUT2D eigenvalue weighted by molar-refractivity contribution is -0.130. The number of aromatic nitrogens is 1. The topological polar surface area (TPSA) is 71.5 Å². The van der Waals surface area contributed by atoms with Crippen molar-refractivity contribution in [1.29, 1.82) is 0 Å². The van der Waals surface area contributed by atoms with Crippen LogP contribution >= 0.6 is 11.6 Å². The van der Waals surface area contributed by atoms with Crippen molar-refractivity contribution < 1.29 is 14.6 Å². The molecule has 21 heavy (non-hydrogen) atoms. The van der Waals surface area contributed by atoms with Crippen molar-refractivity contribution in [3.05, 3.63) is 23.5 Å². The van der Waals surface area contributed by atoms with Gasteiger partial charge in [-0.3, -0.25) is 9.78 Å². The Morgan fingerprint density at radius 3 is 2.76 bits per heavy atom. The number of ether oxygens (including phenoxy) is 1. The Balaban J connectivity index is 2.64. The molecule has 2 unspecified atom stereocenters. The molecule has 6 heteroatoms. The Bertz CT molecular complexity index is 537. The van der Waals surface area contributed by atoms with E-state index in [1.165, 1.54) is 12.4 Å². The van der Waals surface area contributed by atoms with Crippen molar-refractivity contribution in [2.24, 2.45) is 5.92 Å². The minimum absolute atomic E-state index is 0.118. The predicted molar refractivity (Wildman–Crippen MR) is 80.7 cm³/mol. The Labute approximate surface area is 129 Å². The van der Waals surface area contributed by atoms with Crippen LogP contribution in [-0.2, 0) is 4.79 Å². The molecule has 0 bridgehead atoms. The van der Waals surface area contributed by atoms with E-state index in [0.29, 0.717) is 17.2 Å². The number of halogens is 1. The van der Waals surface area contributed by atoms with E-state index in [1.54, 1.807) is 13.0 Å². The molecule has 1 heterocycles. The second-order valence-corrected chi connectivity index (χ2v) is 5.14. The number of rotatable bonds is 5. The Morgan fingerprint density at radius 2 is 2.19 bits per heavy atom. The second kappa shape index (κ2) is 8.50. The van der Waals surface area contributed by atoms with Gasteiger partial charge in [0.15, 0.2) is 12.3 Å². The van der Waals surface area contributed by atoms with Gasteiger partial charge in [-0.25, -0.2) is 0 Å². The van der Waals surface area contributed by atoms with Crippen LogP contribution in [0.25, 0.3) is 0 Å². The number of carbonyl (C=O) groups excluding carboxylic acids is 1. The molecule has 1 rings (SSSR count). The smallest absolute Gasteiger partial charge is 0.263 e. The van der Waals surface area contributed by atoms with Crippen molar-refractivity contribution in [2.45, 2.75) is 39.5 Å². The normalized spacial score (nSPS) is 13.0. The number of pyridine rings is 1. The van der Waals surface area contributed by atoms with Crippen LogP contribution in [0.5, 0.6) is 5.75 Å². The standard InChI is InChI=1S/C15H19ClN2O3/c1-4-13(21-12-7-11(16)8-17-9-12)15(20)18-14(19)6-5-10(2)3/h7-10,13-14,19H,4H2,1-3H3,(H,18,20). The third-order valence-corrected chi connectivity index (χ3v) is 2.62. The van der Waals surface area contributed by atoms with Crippen molar-refractivity contribution in [2.75, 3.05) is 0 Å². The summed E-state index contributed by atoms with van der Waals surface area (Å²) in [5.74, 6) is 5.40. The van der Waals surface area contributed by atoms with E-state index in [0.717, 1.165) is 0 Å². The van der Waals surface area contributed by atoms with E-state index in [1.807, 2.05) is 13.8 Å². The highest BCUT2D eigenvalue weighted by Gasteiger charge is 2.20. The fourth-order valence-corrected chi connectivity index (χ4v) is 1.62. The molecular formula is C15H19ClN2O3. The molecule has 0 radical (unpaired) electrons. The molecule has 0 fully saturated rings. The number of aliphatic hydroxyl groups is 1. The van der Waals surface area contributed by atoms with Crippen molar-refractivity contribution in [3.8, 4) is 17.6 Å². The number of hydrogen-bond acceptors (Lipinski definition) is 4. The molecule has 1 aromatic rings.